The second-order valence-electron chi connectivity index (χ2n) is 7.68. The van der Waals surface area contributed by atoms with Crippen LogP contribution in [-0.4, -0.2) is 34.1 Å². The van der Waals surface area contributed by atoms with Gasteiger partial charge in [-0.2, -0.15) is 0 Å². The maximum absolute atomic E-state index is 12.6. The summed E-state index contributed by atoms with van der Waals surface area (Å²) in [5.41, 5.74) is 0.566. The van der Waals surface area contributed by atoms with Gasteiger partial charge < -0.3 is 14.8 Å². The third-order valence-electron chi connectivity index (χ3n) is 4.12. The van der Waals surface area contributed by atoms with Gasteiger partial charge in [0.15, 0.2) is 0 Å². The Balaban J connectivity index is 2.15. The van der Waals surface area contributed by atoms with Gasteiger partial charge in [0.1, 0.15) is 11.5 Å². The maximum Gasteiger partial charge on any atom is 0.251 e. The number of hydrogen-bond acceptors (Lipinski definition) is 5. The zero-order valence-corrected chi connectivity index (χ0v) is 18.4. The van der Waals surface area contributed by atoms with Crippen LogP contribution in [0.1, 0.15) is 49.7 Å². The Morgan fingerprint density at radius 3 is 2.14 bits per heavy atom. The molecular weight excluding hydrogens is 392 g/mol. The van der Waals surface area contributed by atoms with Crippen molar-refractivity contribution in [1.82, 2.24) is 10.0 Å². The lowest BCUT2D eigenvalue weighted by molar-refractivity contribution is 0.0939. The van der Waals surface area contributed by atoms with E-state index in [4.69, 9.17) is 9.47 Å². The van der Waals surface area contributed by atoms with E-state index in [-0.39, 0.29) is 16.8 Å². The molecule has 0 aliphatic carbocycles. The molecule has 0 aliphatic heterocycles. The monoisotopic (exact) mass is 420 g/mol. The van der Waals surface area contributed by atoms with Crippen LogP contribution < -0.4 is 19.5 Å². The average Bonchev–Trinajstić information content (AvgIpc) is 2.65. The number of methoxy groups -OCH3 is 2. The number of carbonyl (C=O) groups is 1. The summed E-state index contributed by atoms with van der Waals surface area (Å²) in [6, 6.07) is 10.9. The molecule has 0 spiro atoms. The van der Waals surface area contributed by atoms with Crippen molar-refractivity contribution in [2.45, 2.75) is 44.2 Å². The lowest BCUT2D eigenvalue weighted by atomic mass is 10.1. The number of amides is 1. The fraction of sp³-hybridized carbons (Fsp3) is 0.381. The SMILES string of the molecule is COc1ccc(C(C)NC(=O)c2ccc(S(=O)(=O)NC(C)(C)C)cc2)c(OC)c1. The Morgan fingerprint density at radius 1 is 1.00 bits per heavy atom. The molecule has 1 atom stereocenters. The van der Waals surface area contributed by atoms with Crippen LogP contribution in [-0.2, 0) is 10.0 Å². The van der Waals surface area contributed by atoms with Gasteiger partial charge in [-0.3, -0.25) is 4.79 Å². The van der Waals surface area contributed by atoms with Gasteiger partial charge in [-0.1, -0.05) is 0 Å². The van der Waals surface area contributed by atoms with E-state index in [1.54, 1.807) is 47.1 Å². The van der Waals surface area contributed by atoms with Gasteiger partial charge in [0.25, 0.3) is 5.91 Å². The van der Waals surface area contributed by atoms with Gasteiger partial charge >= 0.3 is 0 Å². The normalized spacial score (nSPS) is 12.9. The Labute approximate surface area is 172 Å². The molecule has 0 fully saturated rings. The number of nitrogens with one attached hydrogen (secondary N) is 2. The van der Waals surface area contributed by atoms with Gasteiger partial charge in [0, 0.05) is 22.7 Å². The molecule has 2 rings (SSSR count). The van der Waals surface area contributed by atoms with Crippen molar-refractivity contribution < 1.29 is 22.7 Å². The van der Waals surface area contributed by atoms with E-state index in [2.05, 4.69) is 10.0 Å². The van der Waals surface area contributed by atoms with Crippen molar-refractivity contribution in [1.29, 1.82) is 0 Å². The molecule has 0 bridgehead atoms. The van der Waals surface area contributed by atoms with Gasteiger partial charge in [-0.15, -0.1) is 0 Å². The van der Waals surface area contributed by atoms with E-state index in [1.165, 1.54) is 24.3 Å². The van der Waals surface area contributed by atoms with Crippen molar-refractivity contribution >= 4 is 15.9 Å². The molecule has 29 heavy (non-hydrogen) atoms. The van der Waals surface area contributed by atoms with Gasteiger partial charge in [-0.05, 0) is 64.1 Å². The van der Waals surface area contributed by atoms with Crippen molar-refractivity contribution in [2.24, 2.45) is 0 Å². The molecule has 0 aromatic heterocycles. The molecule has 0 radical (unpaired) electrons. The minimum atomic E-state index is -3.65. The Kier molecular flexibility index (Phi) is 6.92. The highest BCUT2D eigenvalue weighted by Crippen LogP contribution is 2.29. The molecule has 1 amide bonds. The van der Waals surface area contributed by atoms with Gasteiger partial charge in [0.2, 0.25) is 10.0 Å². The fourth-order valence-electron chi connectivity index (χ4n) is 2.78. The van der Waals surface area contributed by atoms with E-state index in [0.717, 1.165) is 5.56 Å². The Hall–Kier alpha value is -2.58. The predicted molar refractivity (Wildman–Crippen MR) is 112 cm³/mol. The first-order valence-corrected chi connectivity index (χ1v) is 10.6. The molecule has 8 heteroatoms. The van der Waals surface area contributed by atoms with E-state index in [1.807, 2.05) is 13.0 Å². The highest BCUT2D eigenvalue weighted by atomic mass is 32.2. The second-order valence-corrected chi connectivity index (χ2v) is 9.37. The molecule has 2 aromatic rings. The third-order valence-corrected chi connectivity index (χ3v) is 5.90. The first kappa shape index (κ1) is 22.7. The lowest BCUT2D eigenvalue weighted by Gasteiger charge is -2.20. The van der Waals surface area contributed by atoms with Crippen molar-refractivity contribution in [3.05, 3.63) is 53.6 Å². The van der Waals surface area contributed by atoms with Crippen LogP contribution in [0.5, 0.6) is 11.5 Å². The molecular formula is C21H28N2O5S. The Bertz CT molecular complexity index is 964. The summed E-state index contributed by atoms with van der Waals surface area (Å²) in [4.78, 5) is 12.7. The number of rotatable bonds is 7. The van der Waals surface area contributed by atoms with Crippen LogP contribution in [0.15, 0.2) is 47.4 Å². The minimum absolute atomic E-state index is 0.105. The predicted octanol–water partition coefficient (Wildman–Crippen LogP) is 3.27. The quantitative estimate of drug-likeness (QED) is 0.717. The topological polar surface area (TPSA) is 93.7 Å². The number of carbonyl (C=O) groups excluding carboxylic acids is 1. The first-order valence-electron chi connectivity index (χ1n) is 9.13. The third kappa shape index (κ3) is 5.95. The second kappa shape index (κ2) is 8.84. The van der Waals surface area contributed by atoms with Crippen LogP contribution in [0.4, 0.5) is 0 Å². The summed E-state index contributed by atoms with van der Waals surface area (Å²) >= 11 is 0. The molecule has 0 aliphatic rings. The minimum Gasteiger partial charge on any atom is -0.497 e. The zero-order chi connectivity index (χ0) is 21.8. The number of sulfonamides is 1. The van der Waals surface area contributed by atoms with Crippen LogP contribution in [0.25, 0.3) is 0 Å². The molecule has 0 heterocycles. The van der Waals surface area contributed by atoms with E-state index < -0.39 is 15.6 Å². The summed E-state index contributed by atoms with van der Waals surface area (Å²) in [6.07, 6.45) is 0. The zero-order valence-electron chi connectivity index (χ0n) is 17.6. The van der Waals surface area contributed by atoms with E-state index in [9.17, 15) is 13.2 Å². The standard InChI is InChI=1S/C21H28N2O5S/c1-14(18-12-9-16(27-5)13-19(18)28-6)22-20(24)15-7-10-17(11-8-15)29(25,26)23-21(2,3)4/h7-14,23H,1-6H3,(H,22,24). The van der Waals surface area contributed by atoms with Crippen molar-refractivity contribution in [2.75, 3.05) is 14.2 Å². The maximum atomic E-state index is 12.6. The number of ether oxygens (including phenoxy) is 2. The van der Waals surface area contributed by atoms with Crippen LogP contribution in [0.2, 0.25) is 0 Å². The smallest absolute Gasteiger partial charge is 0.251 e. The number of hydrogen-bond donors (Lipinski definition) is 2. The molecule has 7 nitrogen and oxygen atoms in total. The summed E-state index contributed by atoms with van der Waals surface area (Å²) in [6.45, 7) is 7.14. The molecule has 1 unspecified atom stereocenters. The largest absolute Gasteiger partial charge is 0.497 e. The first-order chi connectivity index (χ1) is 13.5. The highest BCUT2D eigenvalue weighted by molar-refractivity contribution is 7.89. The molecule has 158 valence electrons. The van der Waals surface area contributed by atoms with E-state index >= 15 is 0 Å². The fourth-order valence-corrected chi connectivity index (χ4v) is 4.20. The highest BCUT2D eigenvalue weighted by Gasteiger charge is 2.22. The van der Waals surface area contributed by atoms with Crippen molar-refractivity contribution in [3.63, 3.8) is 0 Å². The Morgan fingerprint density at radius 2 is 1.62 bits per heavy atom. The average molecular weight is 421 g/mol. The van der Waals surface area contributed by atoms with Gasteiger partial charge in [0.05, 0.1) is 25.2 Å². The van der Waals surface area contributed by atoms with Crippen LogP contribution in [0.3, 0.4) is 0 Å². The molecule has 0 saturated heterocycles. The molecule has 2 aromatic carbocycles. The summed E-state index contributed by atoms with van der Waals surface area (Å²) in [5, 5.41) is 2.90. The lowest BCUT2D eigenvalue weighted by Crippen LogP contribution is -2.40. The molecule has 0 saturated carbocycles. The van der Waals surface area contributed by atoms with Gasteiger partial charge in [-0.25, -0.2) is 13.1 Å². The summed E-state index contributed by atoms with van der Waals surface area (Å²) in [5.74, 6) is 0.944. The van der Waals surface area contributed by atoms with Crippen molar-refractivity contribution in [3.8, 4) is 11.5 Å². The van der Waals surface area contributed by atoms with Crippen LogP contribution in [0, 0.1) is 0 Å². The summed E-state index contributed by atoms with van der Waals surface area (Å²) in [7, 11) is -0.529. The van der Waals surface area contributed by atoms with Crippen LogP contribution >= 0.6 is 0 Å². The van der Waals surface area contributed by atoms with E-state index in [0.29, 0.717) is 17.1 Å². The summed E-state index contributed by atoms with van der Waals surface area (Å²) < 4.78 is 37.9. The molecule has 2 N–H and O–H groups in total. The number of benzene rings is 2.